The summed E-state index contributed by atoms with van der Waals surface area (Å²) in [7, 11) is 0. The zero-order valence-corrected chi connectivity index (χ0v) is 9.98. The van der Waals surface area contributed by atoms with Crippen LogP contribution >= 0.6 is 0 Å². The average molecular weight is 230 g/mol. The van der Waals surface area contributed by atoms with Crippen LogP contribution in [0.1, 0.15) is 12.0 Å². The fraction of sp³-hybridized carbons (Fsp3) is 0.500. The number of carbonyl (C=O) groups excluding carboxylic acids is 1. The molecule has 1 amide bonds. The number of likely N-dealkylation sites (tertiary alicyclic amines) is 1. The summed E-state index contributed by atoms with van der Waals surface area (Å²) in [6, 6.07) is 10.0. The molecule has 0 saturated carbocycles. The van der Waals surface area contributed by atoms with E-state index in [1.54, 1.807) is 0 Å². The Morgan fingerprint density at radius 1 is 1.29 bits per heavy atom. The summed E-state index contributed by atoms with van der Waals surface area (Å²) >= 11 is 0. The Hall–Kier alpha value is -1.35. The third-order valence-electron chi connectivity index (χ3n) is 3.99. The minimum Gasteiger partial charge on any atom is -0.342 e. The third kappa shape index (κ3) is 2.07. The lowest BCUT2D eigenvalue weighted by molar-refractivity contribution is -0.130. The zero-order chi connectivity index (χ0) is 11.7. The molecule has 1 aromatic carbocycles. The molecule has 3 heteroatoms. The van der Waals surface area contributed by atoms with Crippen LogP contribution in [0, 0.1) is 5.41 Å². The van der Waals surface area contributed by atoms with Crippen LogP contribution in [0.2, 0.25) is 0 Å². The van der Waals surface area contributed by atoms with Crippen molar-refractivity contribution in [1.82, 2.24) is 10.2 Å². The minimum absolute atomic E-state index is 0.278. The second kappa shape index (κ2) is 4.15. The van der Waals surface area contributed by atoms with Crippen molar-refractivity contribution in [3.63, 3.8) is 0 Å². The number of nitrogens with zero attached hydrogens (tertiary/aromatic N) is 1. The summed E-state index contributed by atoms with van der Waals surface area (Å²) in [6.45, 7) is 4.06. The van der Waals surface area contributed by atoms with Gasteiger partial charge in [0.05, 0.1) is 6.42 Å². The molecule has 2 fully saturated rings. The first kappa shape index (κ1) is 10.8. The van der Waals surface area contributed by atoms with E-state index in [-0.39, 0.29) is 5.91 Å². The van der Waals surface area contributed by atoms with Crippen LogP contribution in [0.15, 0.2) is 30.3 Å². The molecule has 17 heavy (non-hydrogen) atoms. The monoisotopic (exact) mass is 230 g/mol. The van der Waals surface area contributed by atoms with Gasteiger partial charge in [0, 0.05) is 31.6 Å². The number of nitrogens with one attached hydrogen (secondary N) is 1. The number of benzene rings is 1. The van der Waals surface area contributed by atoms with Gasteiger partial charge in [-0.2, -0.15) is 0 Å². The lowest BCUT2D eigenvalue weighted by atomic mass is 9.81. The topological polar surface area (TPSA) is 32.3 Å². The maximum atomic E-state index is 12.1. The lowest BCUT2D eigenvalue weighted by Crippen LogP contribution is -2.55. The van der Waals surface area contributed by atoms with E-state index in [0.29, 0.717) is 11.8 Å². The first-order valence-electron chi connectivity index (χ1n) is 6.30. The maximum Gasteiger partial charge on any atom is 0.227 e. The number of rotatable bonds is 2. The van der Waals surface area contributed by atoms with Crippen LogP contribution in [-0.4, -0.2) is 37.0 Å². The van der Waals surface area contributed by atoms with E-state index in [4.69, 9.17) is 0 Å². The number of hydrogen-bond donors (Lipinski definition) is 1. The van der Waals surface area contributed by atoms with Crippen molar-refractivity contribution in [3.8, 4) is 0 Å². The Bertz CT molecular complexity index is 411. The van der Waals surface area contributed by atoms with E-state index in [2.05, 4.69) is 5.32 Å². The number of hydrogen-bond acceptors (Lipinski definition) is 2. The maximum absolute atomic E-state index is 12.1. The Morgan fingerprint density at radius 3 is 2.65 bits per heavy atom. The van der Waals surface area contributed by atoms with Crippen LogP contribution in [0.3, 0.4) is 0 Å². The normalized spacial score (nSPS) is 21.5. The summed E-state index contributed by atoms with van der Waals surface area (Å²) in [6.07, 6.45) is 1.71. The minimum atomic E-state index is 0.278. The van der Waals surface area contributed by atoms with Gasteiger partial charge >= 0.3 is 0 Å². The van der Waals surface area contributed by atoms with Crippen LogP contribution in [0.4, 0.5) is 0 Å². The molecular formula is C14H18N2O. The standard InChI is InChI=1S/C14H18N2O/c17-13(8-12-4-2-1-3-5-12)16-7-6-14(11-16)9-15-10-14/h1-5,15H,6-11H2. The Kier molecular flexibility index (Phi) is 2.63. The summed E-state index contributed by atoms with van der Waals surface area (Å²) in [5.74, 6) is 0.278. The molecule has 3 rings (SSSR count). The molecular weight excluding hydrogens is 212 g/mol. The molecule has 2 aliphatic rings. The summed E-state index contributed by atoms with van der Waals surface area (Å²) in [5, 5.41) is 3.32. The lowest BCUT2D eigenvalue weighted by Gasteiger charge is -2.39. The molecule has 0 aromatic heterocycles. The van der Waals surface area contributed by atoms with Crippen LogP contribution < -0.4 is 5.32 Å². The van der Waals surface area contributed by atoms with E-state index in [1.807, 2.05) is 35.2 Å². The molecule has 90 valence electrons. The van der Waals surface area contributed by atoms with E-state index in [1.165, 1.54) is 6.42 Å². The number of amides is 1. The molecule has 2 saturated heterocycles. The number of carbonyl (C=O) groups is 1. The van der Waals surface area contributed by atoms with E-state index in [0.717, 1.165) is 31.7 Å². The third-order valence-corrected chi connectivity index (χ3v) is 3.99. The molecule has 0 aliphatic carbocycles. The van der Waals surface area contributed by atoms with Gasteiger partial charge in [0.1, 0.15) is 0 Å². The fourth-order valence-corrected chi connectivity index (χ4v) is 2.80. The van der Waals surface area contributed by atoms with E-state index in [9.17, 15) is 4.79 Å². The smallest absolute Gasteiger partial charge is 0.227 e. The van der Waals surface area contributed by atoms with Gasteiger partial charge in [-0.15, -0.1) is 0 Å². The second-order valence-corrected chi connectivity index (χ2v) is 5.33. The molecule has 1 aromatic rings. The van der Waals surface area contributed by atoms with Gasteiger partial charge in [0.2, 0.25) is 5.91 Å². The molecule has 2 aliphatic heterocycles. The van der Waals surface area contributed by atoms with Crippen molar-refractivity contribution in [2.45, 2.75) is 12.8 Å². The quantitative estimate of drug-likeness (QED) is 0.823. The van der Waals surface area contributed by atoms with Crippen molar-refractivity contribution < 1.29 is 4.79 Å². The highest BCUT2D eigenvalue weighted by Gasteiger charge is 2.44. The molecule has 3 nitrogen and oxygen atoms in total. The van der Waals surface area contributed by atoms with Crippen LogP contribution in [0.25, 0.3) is 0 Å². The van der Waals surface area contributed by atoms with E-state index < -0.39 is 0 Å². The largest absolute Gasteiger partial charge is 0.342 e. The van der Waals surface area contributed by atoms with E-state index >= 15 is 0 Å². The molecule has 2 heterocycles. The van der Waals surface area contributed by atoms with Crippen molar-refractivity contribution in [3.05, 3.63) is 35.9 Å². The van der Waals surface area contributed by atoms with Crippen molar-refractivity contribution in [2.24, 2.45) is 5.41 Å². The van der Waals surface area contributed by atoms with Crippen LogP contribution in [0.5, 0.6) is 0 Å². The van der Waals surface area contributed by atoms with Gasteiger partial charge < -0.3 is 10.2 Å². The van der Waals surface area contributed by atoms with Gasteiger partial charge in [-0.1, -0.05) is 30.3 Å². The van der Waals surface area contributed by atoms with Crippen molar-refractivity contribution in [2.75, 3.05) is 26.2 Å². The van der Waals surface area contributed by atoms with Crippen molar-refractivity contribution in [1.29, 1.82) is 0 Å². The van der Waals surface area contributed by atoms with Crippen molar-refractivity contribution >= 4 is 5.91 Å². The van der Waals surface area contributed by atoms with Gasteiger partial charge in [-0.05, 0) is 12.0 Å². The Labute approximate surface area is 102 Å². The first-order chi connectivity index (χ1) is 8.27. The predicted molar refractivity (Wildman–Crippen MR) is 66.6 cm³/mol. The molecule has 0 atom stereocenters. The average Bonchev–Trinajstić information content (AvgIpc) is 2.75. The van der Waals surface area contributed by atoms with Gasteiger partial charge in [-0.25, -0.2) is 0 Å². The highest BCUT2D eigenvalue weighted by Crippen LogP contribution is 2.34. The summed E-state index contributed by atoms with van der Waals surface area (Å²) in [5.41, 5.74) is 1.52. The first-order valence-corrected chi connectivity index (χ1v) is 6.30. The SMILES string of the molecule is O=C(Cc1ccccc1)N1CCC2(CNC2)C1. The van der Waals surface area contributed by atoms with Gasteiger partial charge in [0.25, 0.3) is 0 Å². The molecule has 0 radical (unpaired) electrons. The molecule has 1 N–H and O–H groups in total. The highest BCUT2D eigenvalue weighted by atomic mass is 16.2. The second-order valence-electron chi connectivity index (χ2n) is 5.33. The molecule has 0 unspecified atom stereocenters. The summed E-state index contributed by atoms with van der Waals surface area (Å²) < 4.78 is 0. The fourth-order valence-electron chi connectivity index (χ4n) is 2.80. The van der Waals surface area contributed by atoms with Crippen LogP contribution in [-0.2, 0) is 11.2 Å². The zero-order valence-electron chi connectivity index (χ0n) is 9.98. The van der Waals surface area contributed by atoms with Gasteiger partial charge in [-0.3, -0.25) is 4.79 Å². The molecule has 1 spiro atoms. The summed E-state index contributed by atoms with van der Waals surface area (Å²) in [4.78, 5) is 14.2. The Balaban J connectivity index is 1.60. The van der Waals surface area contributed by atoms with Gasteiger partial charge in [0.15, 0.2) is 0 Å². The molecule has 0 bridgehead atoms. The predicted octanol–water partition coefficient (Wildman–Crippen LogP) is 1.05. The Morgan fingerprint density at radius 2 is 2.06 bits per heavy atom. The highest BCUT2D eigenvalue weighted by molar-refractivity contribution is 5.79.